The van der Waals surface area contributed by atoms with Gasteiger partial charge in [-0.25, -0.2) is 9.59 Å². The van der Waals surface area contributed by atoms with E-state index in [9.17, 15) is 39.6 Å². The third-order valence-electron chi connectivity index (χ3n) is 5.79. The number of phenolic OH excluding ortho intramolecular Hbond substituents is 2. The van der Waals surface area contributed by atoms with Crippen molar-refractivity contribution < 1.29 is 39.6 Å². The molecule has 196 valence electrons. The van der Waals surface area contributed by atoms with Gasteiger partial charge in [-0.2, -0.15) is 0 Å². The van der Waals surface area contributed by atoms with Crippen molar-refractivity contribution in [1.82, 2.24) is 0 Å². The van der Waals surface area contributed by atoms with Gasteiger partial charge in [0.25, 0.3) is 11.8 Å². The maximum absolute atomic E-state index is 12.6. The monoisotopic (exact) mass is 526 g/mol. The Morgan fingerprint density at radius 3 is 1.21 bits per heavy atom. The second kappa shape index (κ2) is 11.2. The lowest BCUT2D eigenvalue weighted by molar-refractivity contribution is 0.0683. The third-order valence-corrected chi connectivity index (χ3v) is 5.79. The van der Waals surface area contributed by atoms with Crippen LogP contribution in [0.1, 0.15) is 52.6 Å². The number of aromatic carboxylic acids is 2. The third kappa shape index (κ3) is 6.38. The molecule has 2 amide bonds. The number of carboxylic acid groups (broad SMARTS) is 2. The Hall–Kier alpha value is -5.64. The Labute approximate surface area is 221 Å². The fourth-order valence-corrected chi connectivity index (χ4v) is 3.86. The van der Waals surface area contributed by atoms with Crippen LogP contribution in [-0.2, 0) is 6.42 Å². The van der Waals surface area contributed by atoms with Crippen molar-refractivity contribution in [2.75, 3.05) is 10.6 Å². The molecule has 0 aliphatic rings. The zero-order valence-corrected chi connectivity index (χ0v) is 20.2. The number of nitrogens with one attached hydrogen (secondary N) is 2. The minimum Gasteiger partial charge on any atom is -0.508 e. The van der Waals surface area contributed by atoms with E-state index in [1.807, 2.05) is 0 Å². The van der Waals surface area contributed by atoms with Gasteiger partial charge in [0.1, 0.15) is 11.5 Å². The van der Waals surface area contributed by atoms with Crippen molar-refractivity contribution in [2.24, 2.45) is 0 Å². The summed E-state index contributed by atoms with van der Waals surface area (Å²) in [4.78, 5) is 47.9. The molecule has 0 aliphatic carbocycles. The second-order valence-corrected chi connectivity index (χ2v) is 8.55. The fourth-order valence-electron chi connectivity index (χ4n) is 3.86. The van der Waals surface area contributed by atoms with E-state index in [2.05, 4.69) is 10.6 Å². The summed E-state index contributed by atoms with van der Waals surface area (Å²) in [5, 5.41) is 42.9. The maximum atomic E-state index is 12.6. The van der Waals surface area contributed by atoms with Crippen LogP contribution in [-0.4, -0.2) is 44.2 Å². The SMILES string of the molecule is O=C(O)c1cc(O)ccc1C(=O)Nc1ccc(Cc2ccc(NC(=O)c3ccc(O)cc3C(=O)O)cc2)cc1. The van der Waals surface area contributed by atoms with Crippen LogP contribution in [0.5, 0.6) is 11.5 Å². The van der Waals surface area contributed by atoms with Gasteiger partial charge in [-0.3, -0.25) is 9.59 Å². The summed E-state index contributed by atoms with van der Waals surface area (Å²) in [6.45, 7) is 0. The summed E-state index contributed by atoms with van der Waals surface area (Å²) >= 11 is 0. The van der Waals surface area contributed by atoms with E-state index in [0.717, 1.165) is 23.3 Å². The fraction of sp³-hybridized carbons (Fsp3) is 0.0345. The first-order chi connectivity index (χ1) is 18.6. The molecule has 0 heterocycles. The van der Waals surface area contributed by atoms with Crippen LogP contribution in [0.25, 0.3) is 0 Å². The van der Waals surface area contributed by atoms with Gasteiger partial charge in [0.05, 0.1) is 22.3 Å². The molecule has 4 aromatic carbocycles. The van der Waals surface area contributed by atoms with Crippen LogP contribution in [0.15, 0.2) is 84.9 Å². The Morgan fingerprint density at radius 1 is 0.513 bits per heavy atom. The first kappa shape index (κ1) is 26.4. The van der Waals surface area contributed by atoms with Crippen molar-refractivity contribution in [3.05, 3.63) is 118 Å². The van der Waals surface area contributed by atoms with Gasteiger partial charge in [0.2, 0.25) is 0 Å². The molecule has 0 saturated heterocycles. The number of carboxylic acids is 2. The molecule has 0 fully saturated rings. The summed E-state index contributed by atoms with van der Waals surface area (Å²) in [7, 11) is 0. The number of amides is 2. The zero-order valence-electron chi connectivity index (χ0n) is 20.2. The summed E-state index contributed by atoms with van der Waals surface area (Å²) < 4.78 is 0. The van der Waals surface area contributed by atoms with Crippen LogP contribution < -0.4 is 10.6 Å². The van der Waals surface area contributed by atoms with E-state index < -0.39 is 23.8 Å². The molecule has 0 aliphatic heterocycles. The molecule has 0 spiro atoms. The first-order valence-corrected chi connectivity index (χ1v) is 11.5. The molecule has 0 radical (unpaired) electrons. The highest BCUT2D eigenvalue weighted by molar-refractivity contribution is 6.11. The molecule has 6 N–H and O–H groups in total. The van der Waals surface area contributed by atoms with Crippen LogP contribution in [0, 0.1) is 0 Å². The minimum absolute atomic E-state index is 0.0823. The predicted octanol–water partition coefficient (Wildman–Crippen LogP) is 4.59. The van der Waals surface area contributed by atoms with Gasteiger partial charge in [-0.05, 0) is 78.2 Å². The number of rotatable bonds is 8. The number of hydrogen-bond acceptors (Lipinski definition) is 6. The number of benzene rings is 4. The Balaban J connectivity index is 1.38. The van der Waals surface area contributed by atoms with Gasteiger partial charge in [-0.15, -0.1) is 0 Å². The van der Waals surface area contributed by atoms with Crippen LogP contribution in [0.3, 0.4) is 0 Å². The second-order valence-electron chi connectivity index (χ2n) is 8.55. The predicted molar refractivity (Wildman–Crippen MR) is 142 cm³/mol. The van der Waals surface area contributed by atoms with Crippen molar-refractivity contribution in [1.29, 1.82) is 0 Å². The minimum atomic E-state index is -1.33. The molecule has 10 nitrogen and oxygen atoms in total. The molecule has 4 aromatic rings. The van der Waals surface area contributed by atoms with Crippen LogP contribution in [0.2, 0.25) is 0 Å². The van der Waals surface area contributed by atoms with E-state index in [1.165, 1.54) is 24.3 Å². The lowest BCUT2D eigenvalue weighted by Crippen LogP contribution is -2.16. The van der Waals surface area contributed by atoms with Gasteiger partial charge >= 0.3 is 11.9 Å². The van der Waals surface area contributed by atoms with Gasteiger partial charge in [-0.1, -0.05) is 24.3 Å². The van der Waals surface area contributed by atoms with Crippen LogP contribution in [0.4, 0.5) is 11.4 Å². The van der Waals surface area contributed by atoms with Crippen molar-refractivity contribution in [2.45, 2.75) is 6.42 Å². The molecule has 0 aromatic heterocycles. The lowest BCUT2D eigenvalue weighted by atomic mass is 10.0. The highest BCUT2D eigenvalue weighted by Gasteiger charge is 2.18. The number of phenols is 2. The van der Waals surface area contributed by atoms with Crippen LogP contribution >= 0.6 is 0 Å². The molecular weight excluding hydrogens is 504 g/mol. The average Bonchev–Trinajstić information content (AvgIpc) is 2.90. The van der Waals surface area contributed by atoms with Crippen molar-refractivity contribution >= 4 is 35.1 Å². The lowest BCUT2D eigenvalue weighted by Gasteiger charge is -2.10. The molecule has 0 atom stereocenters. The summed E-state index contributed by atoms with van der Waals surface area (Å²) in [6, 6.07) is 20.9. The first-order valence-electron chi connectivity index (χ1n) is 11.5. The highest BCUT2D eigenvalue weighted by Crippen LogP contribution is 2.21. The molecule has 4 rings (SSSR count). The van der Waals surface area contributed by atoms with Gasteiger partial charge in [0, 0.05) is 11.4 Å². The summed E-state index contributed by atoms with van der Waals surface area (Å²) in [6.07, 6.45) is 0.546. The normalized spacial score (nSPS) is 10.5. The zero-order chi connectivity index (χ0) is 28.1. The number of aromatic hydroxyl groups is 2. The van der Waals surface area contributed by atoms with E-state index in [-0.39, 0.29) is 33.8 Å². The van der Waals surface area contributed by atoms with E-state index in [0.29, 0.717) is 17.8 Å². The van der Waals surface area contributed by atoms with E-state index in [1.54, 1.807) is 48.5 Å². The molecule has 10 heteroatoms. The molecule has 0 unspecified atom stereocenters. The number of carbonyl (C=O) groups excluding carboxylic acids is 2. The van der Waals surface area contributed by atoms with Crippen molar-refractivity contribution in [3.63, 3.8) is 0 Å². The van der Waals surface area contributed by atoms with E-state index in [4.69, 9.17) is 0 Å². The Bertz CT molecular complexity index is 1460. The smallest absolute Gasteiger partial charge is 0.336 e. The van der Waals surface area contributed by atoms with Gasteiger partial charge < -0.3 is 31.1 Å². The number of carbonyl (C=O) groups is 4. The molecular formula is C29H22N2O8. The van der Waals surface area contributed by atoms with Crippen molar-refractivity contribution in [3.8, 4) is 11.5 Å². The summed E-state index contributed by atoms with van der Waals surface area (Å²) in [5.41, 5.74) is 1.99. The number of anilines is 2. The topological polar surface area (TPSA) is 173 Å². The maximum Gasteiger partial charge on any atom is 0.336 e. The molecule has 0 bridgehead atoms. The Kier molecular flexibility index (Phi) is 7.57. The average molecular weight is 527 g/mol. The molecule has 39 heavy (non-hydrogen) atoms. The standard InChI is InChI=1S/C29H22N2O8/c32-20-9-11-22(24(14-20)28(36)37)26(34)30-18-5-1-16(2-6-18)13-17-3-7-19(8-4-17)31-27(35)23-12-10-21(33)15-25(23)29(38)39/h1-12,14-15,32-33H,13H2,(H,30,34)(H,31,35)(H,36,37)(H,38,39). The highest BCUT2D eigenvalue weighted by atomic mass is 16.4. The summed E-state index contributed by atoms with van der Waals surface area (Å²) in [5.74, 6) is -4.42. The molecule has 0 saturated carbocycles. The van der Waals surface area contributed by atoms with Gasteiger partial charge in [0.15, 0.2) is 0 Å². The largest absolute Gasteiger partial charge is 0.508 e. The number of hydrogen-bond donors (Lipinski definition) is 6. The quantitative estimate of drug-likeness (QED) is 0.193. The van der Waals surface area contributed by atoms with E-state index >= 15 is 0 Å². The Morgan fingerprint density at radius 2 is 0.872 bits per heavy atom.